The molecule has 2 saturated heterocycles. The molecule has 2 fully saturated rings. The van der Waals surface area contributed by atoms with Crippen molar-refractivity contribution in [2.45, 2.75) is 11.9 Å². The molecule has 8 heavy (non-hydrogen) atoms. The molecule has 2 unspecified atom stereocenters. The molecule has 0 aromatic heterocycles. The predicted octanol–water partition coefficient (Wildman–Crippen LogP) is -0.804. The monoisotopic (exact) mass is 116 g/mol. The van der Waals surface area contributed by atoms with Crippen LogP contribution >= 0.6 is 0 Å². The van der Waals surface area contributed by atoms with Gasteiger partial charge in [-0.2, -0.15) is 0 Å². The van der Waals surface area contributed by atoms with Gasteiger partial charge in [-0.15, -0.1) is 0 Å². The van der Waals surface area contributed by atoms with Gasteiger partial charge in [0.1, 0.15) is 0 Å². The number of ether oxygens (including phenoxy) is 2. The molecule has 2 rings (SSSR count). The second kappa shape index (κ2) is 0.897. The Labute approximate surface area is 45.0 Å². The highest BCUT2D eigenvalue weighted by atomic mass is 16.9. The number of carboxylic acid groups (broad SMARTS) is 1. The van der Waals surface area contributed by atoms with Gasteiger partial charge in [0.15, 0.2) is 6.10 Å². The second-order valence-electron chi connectivity index (χ2n) is 1.89. The largest absolute Gasteiger partial charge is 0.477 e. The lowest BCUT2D eigenvalue weighted by Crippen LogP contribution is -2.41. The minimum Gasteiger partial charge on any atom is -0.477 e. The first kappa shape index (κ1) is 4.29. The van der Waals surface area contributed by atoms with Crippen molar-refractivity contribution < 1.29 is 19.4 Å². The zero-order valence-electron chi connectivity index (χ0n) is 3.96. The van der Waals surface area contributed by atoms with Crippen LogP contribution in [0, 0.1) is 0 Å². The lowest BCUT2D eigenvalue weighted by molar-refractivity contribution is -0.170. The van der Waals surface area contributed by atoms with E-state index >= 15 is 0 Å². The minimum absolute atomic E-state index is 0.153. The van der Waals surface area contributed by atoms with Crippen molar-refractivity contribution in [2.24, 2.45) is 0 Å². The van der Waals surface area contributed by atoms with E-state index < -0.39 is 11.8 Å². The second-order valence-corrected chi connectivity index (χ2v) is 1.89. The van der Waals surface area contributed by atoms with Crippen molar-refractivity contribution in [1.82, 2.24) is 0 Å². The van der Waals surface area contributed by atoms with E-state index in [9.17, 15) is 4.79 Å². The molecule has 0 spiro atoms. The normalized spacial score (nSPS) is 49.2. The maximum absolute atomic E-state index is 10.1. The van der Waals surface area contributed by atoms with E-state index in [0.717, 1.165) is 0 Å². The number of hydrogen-bond donors (Lipinski definition) is 1. The number of hydrogen-bond acceptors (Lipinski definition) is 3. The third kappa shape index (κ3) is 0.250. The molecule has 2 aliphatic heterocycles. The minimum atomic E-state index is -1.19. The van der Waals surface area contributed by atoms with Crippen molar-refractivity contribution in [2.75, 3.05) is 6.61 Å². The topological polar surface area (TPSA) is 59.1 Å². The van der Waals surface area contributed by atoms with Gasteiger partial charge < -0.3 is 14.6 Å². The van der Waals surface area contributed by atoms with Crippen LogP contribution < -0.4 is 0 Å². The third-order valence-corrected chi connectivity index (χ3v) is 1.43. The quantitative estimate of drug-likeness (QED) is 0.455. The fourth-order valence-electron chi connectivity index (χ4n) is 0.798. The Balaban J connectivity index is 2.18. The fourth-order valence-corrected chi connectivity index (χ4v) is 0.798. The number of aliphatic carboxylic acids is 1. The lowest BCUT2D eigenvalue weighted by Gasteiger charge is -2.14. The van der Waals surface area contributed by atoms with E-state index in [2.05, 4.69) is 9.47 Å². The highest BCUT2D eigenvalue weighted by Gasteiger charge is 2.73. The van der Waals surface area contributed by atoms with E-state index in [0.29, 0.717) is 6.61 Å². The zero-order valence-corrected chi connectivity index (χ0v) is 3.96. The Kier molecular flexibility index (Phi) is 0.480. The third-order valence-electron chi connectivity index (χ3n) is 1.43. The number of rotatable bonds is 1. The lowest BCUT2D eigenvalue weighted by atomic mass is 10.2. The van der Waals surface area contributed by atoms with Crippen LogP contribution in [0.5, 0.6) is 0 Å². The summed E-state index contributed by atoms with van der Waals surface area (Å²) in [6.45, 7) is 0.437. The SMILES string of the molecule is O=C(O)C12OCC1O2. The Morgan fingerprint density at radius 2 is 2.62 bits per heavy atom. The first-order valence-corrected chi connectivity index (χ1v) is 2.31. The molecular weight excluding hydrogens is 112 g/mol. The Morgan fingerprint density at radius 3 is 2.62 bits per heavy atom. The van der Waals surface area contributed by atoms with Crippen LogP contribution in [0.25, 0.3) is 0 Å². The molecule has 2 heterocycles. The molecule has 0 aromatic carbocycles. The number of epoxide rings is 1. The summed E-state index contributed by atoms with van der Waals surface area (Å²) in [4.78, 5) is 10.1. The number of carbonyl (C=O) groups is 1. The van der Waals surface area contributed by atoms with Gasteiger partial charge in [0, 0.05) is 0 Å². The molecule has 0 aromatic rings. The Morgan fingerprint density at radius 1 is 1.88 bits per heavy atom. The summed E-state index contributed by atoms with van der Waals surface area (Å²) in [6.07, 6.45) is -0.153. The van der Waals surface area contributed by atoms with Gasteiger partial charge in [-0.25, -0.2) is 4.79 Å². The van der Waals surface area contributed by atoms with Crippen molar-refractivity contribution in [1.29, 1.82) is 0 Å². The molecule has 4 nitrogen and oxygen atoms in total. The number of carboxylic acids is 1. The van der Waals surface area contributed by atoms with E-state index in [1.54, 1.807) is 0 Å². The molecule has 1 N–H and O–H groups in total. The summed E-state index contributed by atoms with van der Waals surface area (Å²) in [5.74, 6) is -2.20. The summed E-state index contributed by atoms with van der Waals surface area (Å²) in [5, 5.41) is 8.28. The van der Waals surface area contributed by atoms with Gasteiger partial charge in [0.2, 0.25) is 0 Å². The molecule has 0 amide bonds. The summed E-state index contributed by atoms with van der Waals surface area (Å²) in [6, 6.07) is 0. The molecule has 4 heteroatoms. The molecule has 44 valence electrons. The van der Waals surface area contributed by atoms with Crippen LogP contribution in [-0.2, 0) is 14.3 Å². The van der Waals surface area contributed by atoms with Gasteiger partial charge >= 0.3 is 5.97 Å². The van der Waals surface area contributed by atoms with Crippen molar-refractivity contribution in [3.05, 3.63) is 0 Å². The van der Waals surface area contributed by atoms with Crippen LogP contribution in [0.15, 0.2) is 0 Å². The van der Waals surface area contributed by atoms with E-state index in [4.69, 9.17) is 5.11 Å². The van der Waals surface area contributed by atoms with Crippen molar-refractivity contribution >= 4 is 5.97 Å². The van der Waals surface area contributed by atoms with Gasteiger partial charge in [0.05, 0.1) is 6.61 Å². The number of fused-ring (bicyclic) bond motifs is 1. The van der Waals surface area contributed by atoms with E-state index in [-0.39, 0.29) is 6.10 Å². The maximum atomic E-state index is 10.1. The predicted molar refractivity (Wildman–Crippen MR) is 21.2 cm³/mol. The van der Waals surface area contributed by atoms with Gasteiger partial charge in [0.25, 0.3) is 5.79 Å². The van der Waals surface area contributed by atoms with Crippen LogP contribution in [0.3, 0.4) is 0 Å². The standard InChI is InChI=1S/C4H4O4/c5-3(6)4-2(8-4)1-7-4/h2H,1H2,(H,5,6). The highest BCUT2D eigenvalue weighted by molar-refractivity contribution is 5.80. The van der Waals surface area contributed by atoms with Crippen LogP contribution in [0.2, 0.25) is 0 Å². The molecular formula is C4H4O4. The molecule has 0 bridgehead atoms. The van der Waals surface area contributed by atoms with Crippen LogP contribution in [0.4, 0.5) is 0 Å². The van der Waals surface area contributed by atoms with Gasteiger partial charge in [-0.3, -0.25) is 0 Å². The molecule has 0 aliphatic carbocycles. The van der Waals surface area contributed by atoms with E-state index in [1.165, 1.54) is 0 Å². The summed E-state index contributed by atoms with van der Waals surface area (Å²) in [7, 11) is 0. The molecule has 2 atom stereocenters. The van der Waals surface area contributed by atoms with Gasteiger partial charge in [-0.05, 0) is 0 Å². The summed E-state index contributed by atoms with van der Waals surface area (Å²) >= 11 is 0. The zero-order chi connectivity index (χ0) is 5.78. The molecule has 2 aliphatic rings. The summed E-state index contributed by atoms with van der Waals surface area (Å²) in [5.41, 5.74) is 0. The molecule has 0 radical (unpaired) electrons. The van der Waals surface area contributed by atoms with Crippen LogP contribution in [-0.4, -0.2) is 29.6 Å². The molecule has 0 saturated carbocycles. The summed E-state index contributed by atoms with van der Waals surface area (Å²) < 4.78 is 9.29. The van der Waals surface area contributed by atoms with Crippen molar-refractivity contribution in [3.63, 3.8) is 0 Å². The van der Waals surface area contributed by atoms with Gasteiger partial charge in [-0.1, -0.05) is 0 Å². The highest BCUT2D eigenvalue weighted by Crippen LogP contribution is 2.46. The maximum Gasteiger partial charge on any atom is 0.367 e. The first-order valence-electron chi connectivity index (χ1n) is 2.31. The van der Waals surface area contributed by atoms with E-state index in [1.807, 2.05) is 0 Å². The Hall–Kier alpha value is -0.610. The van der Waals surface area contributed by atoms with Crippen LogP contribution in [0.1, 0.15) is 0 Å². The smallest absolute Gasteiger partial charge is 0.367 e. The Bertz CT molecular complexity index is 150. The average Bonchev–Trinajstić information content (AvgIpc) is 2.10. The first-order chi connectivity index (χ1) is 3.76. The van der Waals surface area contributed by atoms with Crippen molar-refractivity contribution in [3.8, 4) is 0 Å². The fraction of sp³-hybridized carbons (Fsp3) is 0.750. The average molecular weight is 116 g/mol.